The Labute approximate surface area is 76.1 Å². The molecule has 0 aliphatic heterocycles. The standard InChI is InChI=1S/C9H11NO3/c1-6-7(10-9(12)13-2)4-3-5-8(6)11/h3-5,11H,1-2H3,(H,10,12). The Morgan fingerprint density at radius 1 is 1.54 bits per heavy atom. The summed E-state index contributed by atoms with van der Waals surface area (Å²) in [5.74, 6) is 0.147. The van der Waals surface area contributed by atoms with Gasteiger partial charge in [0.25, 0.3) is 0 Å². The van der Waals surface area contributed by atoms with E-state index in [1.54, 1.807) is 25.1 Å². The van der Waals surface area contributed by atoms with Gasteiger partial charge in [-0.25, -0.2) is 4.79 Å². The first-order chi connectivity index (χ1) is 6.15. The van der Waals surface area contributed by atoms with E-state index >= 15 is 0 Å². The first kappa shape index (κ1) is 9.38. The predicted molar refractivity (Wildman–Crippen MR) is 48.9 cm³/mol. The number of methoxy groups -OCH3 is 1. The lowest BCUT2D eigenvalue weighted by molar-refractivity contribution is 0.187. The van der Waals surface area contributed by atoms with Gasteiger partial charge in [0.15, 0.2) is 0 Å². The summed E-state index contributed by atoms with van der Waals surface area (Å²) >= 11 is 0. The molecule has 0 spiro atoms. The van der Waals surface area contributed by atoms with Crippen molar-refractivity contribution in [2.75, 3.05) is 12.4 Å². The summed E-state index contributed by atoms with van der Waals surface area (Å²) in [5.41, 5.74) is 1.17. The minimum atomic E-state index is -0.547. The van der Waals surface area contributed by atoms with Crippen LogP contribution in [0.1, 0.15) is 5.56 Å². The van der Waals surface area contributed by atoms with Crippen LogP contribution in [0.15, 0.2) is 18.2 Å². The molecule has 13 heavy (non-hydrogen) atoms. The second-order valence-corrected chi connectivity index (χ2v) is 2.57. The molecule has 0 unspecified atom stereocenters. The quantitative estimate of drug-likeness (QED) is 0.695. The number of hydrogen-bond donors (Lipinski definition) is 2. The van der Waals surface area contributed by atoms with Crippen LogP contribution in [0.3, 0.4) is 0 Å². The van der Waals surface area contributed by atoms with Crippen molar-refractivity contribution < 1.29 is 14.6 Å². The summed E-state index contributed by atoms with van der Waals surface area (Å²) in [5, 5.41) is 11.8. The zero-order valence-electron chi connectivity index (χ0n) is 7.50. The number of carbonyl (C=O) groups is 1. The third-order valence-electron chi connectivity index (χ3n) is 1.73. The first-order valence-electron chi connectivity index (χ1n) is 3.78. The van der Waals surface area contributed by atoms with Crippen molar-refractivity contribution in [2.24, 2.45) is 0 Å². The lowest BCUT2D eigenvalue weighted by Gasteiger charge is -2.07. The average Bonchev–Trinajstić information content (AvgIpc) is 2.13. The summed E-state index contributed by atoms with van der Waals surface area (Å²) in [6.45, 7) is 1.71. The van der Waals surface area contributed by atoms with E-state index in [0.29, 0.717) is 11.3 Å². The summed E-state index contributed by atoms with van der Waals surface area (Å²) in [4.78, 5) is 10.8. The Bertz CT molecular complexity index is 323. The van der Waals surface area contributed by atoms with Crippen LogP contribution in [-0.4, -0.2) is 18.3 Å². The molecular formula is C9H11NO3. The summed E-state index contributed by atoms with van der Waals surface area (Å²) in [7, 11) is 1.29. The number of aromatic hydroxyl groups is 1. The van der Waals surface area contributed by atoms with Crippen LogP contribution in [0.2, 0.25) is 0 Å². The maximum atomic E-state index is 10.8. The molecule has 0 bridgehead atoms. The fourth-order valence-corrected chi connectivity index (χ4v) is 0.920. The fourth-order valence-electron chi connectivity index (χ4n) is 0.920. The van der Waals surface area contributed by atoms with Gasteiger partial charge in [-0.15, -0.1) is 0 Å². The second kappa shape index (κ2) is 3.80. The van der Waals surface area contributed by atoms with Gasteiger partial charge in [0.05, 0.1) is 12.8 Å². The number of carbonyl (C=O) groups excluding carboxylic acids is 1. The third kappa shape index (κ3) is 2.11. The SMILES string of the molecule is COC(=O)Nc1cccc(O)c1C. The molecule has 1 aromatic rings. The van der Waals surface area contributed by atoms with Gasteiger partial charge in [0.2, 0.25) is 0 Å². The number of rotatable bonds is 1. The van der Waals surface area contributed by atoms with E-state index in [1.165, 1.54) is 7.11 Å². The average molecular weight is 181 g/mol. The highest BCUT2D eigenvalue weighted by atomic mass is 16.5. The molecule has 1 aromatic carbocycles. The number of nitrogens with one attached hydrogen (secondary N) is 1. The Balaban J connectivity index is 2.89. The van der Waals surface area contributed by atoms with Crippen LogP contribution in [0.25, 0.3) is 0 Å². The van der Waals surface area contributed by atoms with E-state index in [2.05, 4.69) is 10.1 Å². The highest BCUT2D eigenvalue weighted by molar-refractivity contribution is 5.86. The number of hydrogen-bond acceptors (Lipinski definition) is 3. The molecule has 0 aromatic heterocycles. The van der Waals surface area contributed by atoms with Gasteiger partial charge in [-0.3, -0.25) is 5.32 Å². The number of amides is 1. The minimum Gasteiger partial charge on any atom is -0.508 e. The van der Waals surface area contributed by atoms with Gasteiger partial charge in [0.1, 0.15) is 5.75 Å². The van der Waals surface area contributed by atoms with Gasteiger partial charge < -0.3 is 9.84 Å². The van der Waals surface area contributed by atoms with Gasteiger partial charge in [0, 0.05) is 5.56 Å². The number of phenolic OH excluding ortho intramolecular Hbond substituents is 1. The highest BCUT2D eigenvalue weighted by Gasteiger charge is 2.05. The fraction of sp³-hybridized carbons (Fsp3) is 0.222. The lowest BCUT2D eigenvalue weighted by Crippen LogP contribution is -2.11. The van der Waals surface area contributed by atoms with E-state index in [4.69, 9.17) is 0 Å². The maximum absolute atomic E-state index is 10.8. The van der Waals surface area contributed by atoms with Gasteiger partial charge in [-0.1, -0.05) is 6.07 Å². The first-order valence-corrected chi connectivity index (χ1v) is 3.78. The molecule has 0 radical (unpaired) electrons. The molecule has 0 aliphatic carbocycles. The molecule has 4 nitrogen and oxygen atoms in total. The molecule has 1 amide bonds. The molecule has 1 rings (SSSR count). The zero-order chi connectivity index (χ0) is 9.84. The summed E-state index contributed by atoms with van der Waals surface area (Å²) in [6, 6.07) is 4.89. The van der Waals surface area contributed by atoms with Crippen molar-refractivity contribution >= 4 is 11.8 Å². The van der Waals surface area contributed by atoms with Crippen LogP contribution in [0.5, 0.6) is 5.75 Å². The normalized spacial score (nSPS) is 9.38. The molecule has 0 saturated heterocycles. The van der Waals surface area contributed by atoms with Crippen LogP contribution in [0.4, 0.5) is 10.5 Å². The van der Waals surface area contributed by atoms with Crippen molar-refractivity contribution in [3.05, 3.63) is 23.8 Å². The van der Waals surface area contributed by atoms with Crippen molar-refractivity contribution in [3.63, 3.8) is 0 Å². The van der Waals surface area contributed by atoms with Crippen LogP contribution >= 0.6 is 0 Å². The zero-order valence-corrected chi connectivity index (χ0v) is 7.50. The van der Waals surface area contributed by atoms with Crippen LogP contribution in [0, 0.1) is 6.92 Å². The Morgan fingerprint density at radius 3 is 2.85 bits per heavy atom. The summed E-state index contributed by atoms with van der Waals surface area (Å²) in [6.07, 6.45) is -0.547. The largest absolute Gasteiger partial charge is 0.508 e. The molecule has 0 aliphatic rings. The Kier molecular flexibility index (Phi) is 2.74. The number of ether oxygens (including phenoxy) is 1. The van der Waals surface area contributed by atoms with Crippen molar-refractivity contribution in [1.29, 1.82) is 0 Å². The van der Waals surface area contributed by atoms with Gasteiger partial charge >= 0.3 is 6.09 Å². The molecule has 0 fully saturated rings. The number of anilines is 1. The van der Waals surface area contributed by atoms with E-state index < -0.39 is 6.09 Å². The highest BCUT2D eigenvalue weighted by Crippen LogP contribution is 2.23. The minimum absolute atomic E-state index is 0.147. The Morgan fingerprint density at radius 2 is 2.23 bits per heavy atom. The van der Waals surface area contributed by atoms with E-state index in [0.717, 1.165) is 0 Å². The molecule has 0 saturated carbocycles. The predicted octanol–water partition coefficient (Wildman–Crippen LogP) is 1.88. The van der Waals surface area contributed by atoms with E-state index in [1.807, 2.05) is 0 Å². The third-order valence-corrected chi connectivity index (χ3v) is 1.73. The van der Waals surface area contributed by atoms with Crippen LogP contribution in [-0.2, 0) is 4.74 Å². The van der Waals surface area contributed by atoms with Crippen molar-refractivity contribution in [1.82, 2.24) is 0 Å². The topological polar surface area (TPSA) is 58.6 Å². The second-order valence-electron chi connectivity index (χ2n) is 2.57. The lowest BCUT2D eigenvalue weighted by atomic mass is 10.2. The molecule has 4 heteroatoms. The van der Waals surface area contributed by atoms with Crippen LogP contribution < -0.4 is 5.32 Å². The molecule has 0 heterocycles. The smallest absolute Gasteiger partial charge is 0.411 e. The summed E-state index contributed by atoms with van der Waals surface area (Å²) < 4.78 is 4.42. The maximum Gasteiger partial charge on any atom is 0.411 e. The monoisotopic (exact) mass is 181 g/mol. The molecule has 0 atom stereocenters. The molecular weight excluding hydrogens is 170 g/mol. The van der Waals surface area contributed by atoms with Crippen molar-refractivity contribution in [3.8, 4) is 5.75 Å². The molecule has 70 valence electrons. The van der Waals surface area contributed by atoms with Gasteiger partial charge in [-0.05, 0) is 19.1 Å². The van der Waals surface area contributed by atoms with Gasteiger partial charge in [-0.2, -0.15) is 0 Å². The van der Waals surface area contributed by atoms with E-state index in [9.17, 15) is 9.90 Å². The van der Waals surface area contributed by atoms with E-state index in [-0.39, 0.29) is 5.75 Å². The number of phenols is 1. The molecule has 2 N–H and O–H groups in total. The number of benzene rings is 1. The van der Waals surface area contributed by atoms with Crippen molar-refractivity contribution in [2.45, 2.75) is 6.92 Å². The Hall–Kier alpha value is -1.71.